The highest BCUT2D eigenvalue weighted by atomic mass is 127. The number of aromatic nitrogens is 1. The summed E-state index contributed by atoms with van der Waals surface area (Å²) in [4.78, 5) is 18.3. The Morgan fingerprint density at radius 1 is 1.21 bits per heavy atom. The number of hydrogen-bond donors (Lipinski definition) is 1. The zero-order chi connectivity index (χ0) is 16.4. The first-order valence-corrected chi connectivity index (χ1v) is 9.85. The molecule has 0 aliphatic carbocycles. The minimum absolute atomic E-state index is 0.0574. The maximum Gasteiger partial charge on any atom is 0.260 e. The molecule has 5 rings (SSSR count). The van der Waals surface area contributed by atoms with Crippen molar-refractivity contribution in [3.05, 3.63) is 60.4 Å². The second-order valence-corrected chi connectivity index (χ2v) is 8.45. The average molecular weight is 542 g/mol. The summed E-state index contributed by atoms with van der Waals surface area (Å²) in [5.74, 6) is 0.760. The Morgan fingerprint density at radius 2 is 2.04 bits per heavy atom. The molecular weight excluding hydrogens is 530 g/mol. The summed E-state index contributed by atoms with van der Waals surface area (Å²) in [5, 5.41) is 1.23. The van der Waals surface area contributed by atoms with E-state index >= 15 is 0 Å². The highest BCUT2D eigenvalue weighted by molar-refractivity contribution is 14.1. The summed E-state index contributed by atoms with van der Waals surface area (Å²) in [6, 6.07) is 12.2. The van der Waals surface area contributed by atoms with Crippen molar-refractivity contribution >= 4 is 62.0 Å². The molecule has 1 amide bonds. The van der Waals surface area contributed by atoms with Gasteiger partial charge in [-0.05, 0) is 75.4 Å². The number of rotatable bonds is 0. The Bertz CT molecular complexity index is 1010. The van der Waals surface area contributed by atoms with Crippen LogP contribution in [0.2, 0.25) is 0 Å². The fourth-order valence-corrected chi connectivity index (χ4v) is 5.61. The van der Waals surface area contributed by atoms with Crippen LogP contribution in [0, 0.1) is 7.14 Å². The number of amides is 1. The molecular formula is C18H12I2N2O2. The van der Waals surface area contributed by atoms with E-state index in [1.807, 2.05) is 23.1 Å². The number of nitrogens with one attached hydrogen (secondary N) is 1. The molecule has 0 bridgehead atoms. The lowest BCUT2D eigenvalue weighted by Gasteiger charge is -2.39. The van der Waals surface area contributed by atoms with Crippen LogP contribution in [0.3, 0.4) is 0 Å². The smallest absolute Gasteiger partial charge is 0.260 e. The van der Waals surface area contributed by atoms with Gasteiger partial charge in [-0.3, -0.25) is 9.69 Å². The number of halogens is 2. The summed E-state index contributed by atoms with van der Waals surface area (Å²) >= 11 is 4.49. The number of H-pyrrole nitrogens is 1. The zero-order valence-electron chi connectivity index (χ0n) is 12.5. The van der Waals surface area contributed by atoms with Crippen LogP contribution in [0.15, 0.2) is 36.4 Å². The quantitative estimate of drug-likeness (QED) is 0.427. The van der Waals surface area contributed by atoms with Gasteiger partial charge >= 0.3 is 0 Å². The second kappa shape index (κ2) is 5.35. The van der Waals surface area contributed by atoms with Crippen molar-refractivity contribution in [1.82, 2.24) is 9.88 Å². The molecule has 3 heterocycles. The lowest BCUT2D eigenvalue weighted by Crippen LogP contribution is -2.45. The number of benzene rings is 2. The van der Waals surface area contributed by atoms with E-state index in [0.717, 1.165) is 24.8 Å². The standard InChI is InChI=1S/C18H12I2N2O2/c19-9-7-12-16(13(20)8-9)24-18-15-11(5-6-22(18)17(12)23)10-3-1-2-4-14(10)21-15/h1-4,7-8,18,21H,5-6H2. The molecule has 6 heteroatoms. The maximum absolute atomic E-state index is 13.0. The normalized spacial score (nSPS) is 18.8. The zero-order valence-corrected chi connectivity index (χ0v) is 16.8. The van der Waals surface area contributed by atoms with Gasteiger partial charge in [-0.1, -0.05) is 18.2 Å². The summed E-state index contributed by atoms with van der Waals surface area (Å²) in [5.41, 5.74) is 4.05. The van der Waals surface area contributed by atoms with Gasteiger partial charge in [0.1, 0.15) is 5.75 Å². The SMILES string of the molecule is O=C1c2cc(I)cc(I)c2OC2c3[nH]c4ccccc4c3CCN12. The van der Waals surface area contributed by atoms with Crippen LogP contribution in [0.4, 0.5) is 0 Å². The van der Waals surface area contributed by atoms with E-state index in [2.05, 4.69) is 68.4 Å². The third kappa shape index (κ3) is 2.05. The van der Waals surface area contributed by atoms with E-state index in [1.54, 1.807) is 0 Å². The average Bonchev–Trinajstić information content (AvgIpc) is 2.95. The molecule has 2 aliphatic rings. The van der Waals surface area contributed by atoms with Crippen molar-refractivity contribution in [2.75, 3.05) is 6.54 Å². The summed E-state index contributed by atoms with van der Waals surface area (Å²) in [6.07, 6.45) is 0.483. The fourth-order valence-electron chi connectivity index (χ4n) is 3.64. The van der Waals surface area contributed by atoms with Gasteiger partial charge in [-0.2, -0.15) is 0 Å². The van der Waals surface area contributed by atoms with Gasteiger partial charge in [0.15, 0.2) is 0 Å². The van der Waals surface area contributed by atoms with Crippen molar-refractivity contribution in [2.45, 2.75) is 12.6 Å². The molecule has 1 unspecified atom stereocenters. The predicted molar refractivity (Wildman–Crippen MR) is 108 cm³/mol. The number of nitrogens with zero attached hydrogens (tertiary/aromatic N) is 1. The largest absolute Gasteiger partial charge is 0.463 e. The number of fused-ring (bicyclic) bond motifs is 6. The summed E-state index contributed by atoms with van der Waals surface area (Å²) in [6.45, 7) is 0.680. The van der Waals surface area contributed by atoms with Crippen LogP contribution >= 0.6 is 45.2 Å². The van der Waals surface area contributed by atoms with Gasteiger partial charge in [-0.15, -0.1) is 0 Å². The summed E-state index contributed by atoms with van der Waals surface area (Å²) < 4.78 is 8.34. The third-order valence-corrected chi connectivity index (χ3v) is 6.13. The lowest BCUT2D eigenvalue weighted by atomic mass is 9.99. The lowest BCUT2D eigenvalue weighted by molar-refractivity contribution is 0.00149. The van der Waals surface area contributed by atoms with E-state index in [1.165, 1.54) is 10.9 Å². The van der Waals surface area contributed by atoms with Crippen molar-refractivity contribution in [2.24, 2.45) is 0 Å². The van der Waals surface area contributed by atoms with Gasteiger partial charge in [0.05, 0.1) is 14.8 Å². The molecule has 0 saturated heterocycles. The van der Waals surface area contributed by atoms with Gasteiger partial charge in [0.25, 0.3) is 5.91 Å². The monoisotopic (exact) mass is 542 g/mol. The van der Waals surface area contributed by atoms with Crippen molar-refractivity contribution in [1.29, 1.82) is 0 Å². The van der Waals surface area contributed by atoms with Gasteiger partial charge in [0, 0.05) is 21.0 Å². The predicted octanol–water partition coefficient (Wildman–Crippen LogP) is 4.47. The maximum atomic E-state index is 13.0. The molecule has 0 fully saturated rings. The number of carbonyl (C=O) groups is 1. The van der Waals surface area contributed by atoms with Crippen LogP contribution in [-0.4, -0.2) is 22.3 Å². The van der Waals surface area contributed by atoms with Crippen LogP contribution in [0.25, 0.3) is 10.9 Å². The molecule has 1 aromatic heterocycles. The highest BCUT2D eigenvalue weighted by Gasteiger charge is 2.40. The topological polar surface area (TPSA) is 45.3 Å². The Hall–Kier alpha value is -1.29. The molecule has 3 aromatic rings. The summed E-state index contributed by atoms with van der Waals surface area (Å²) in [7, 11) is 0. The van der Waals surface area contributed by atoms with E-state index in [0.29, 0.717) is 17.9 Å². The van der Waals surface area contributed by atoms with E-state index < -0.39 is 0 Å². The Balaban J connectivity index is 1.70. The van der Waals surface area contributed by atoms with Crippen molar-refractivity contribution in [3.8, 4) is 5.75 Å². The number of para-hydroxylation sites is 1. The fraction of sp³-hybridized carbons (Fsp3) is 0.167. The number of hydrogen-bond acceptors (Lipinski definition) is 2. The molecule has 24 heavy (non-hydrogen) atoms. The number of aromatic amines is 1. The van der Waals surface area contributed by atoms with Crippen LogP contribution in [0.1, 0.15) is 27.8 Å². The first-order valence-electron chi connectivity index (χ1n) is 7.69. The first-order chi connectivity index (χ1) is 11.6. The van der Waals surface area contributed by atoms with Crippen molar-refractivity contribution in [3.63, 3.8) is 0 Å². The van der Waals surface area contributed by atoms with E-state index in [-0.39, 0.29) is 12.1 Å². The molecule has 4 nitrogen and oxygen atoms in total. The highest BCUT2D eigenvalue weighted by Crippen LogP contribution is 2.43. The van der Waals surface area contributed by atoms with Gasteiger partial charge in [-0.25, -0.2) is 0 Å². The van der Waals surface area contributed by atoms with E-state index in [4.69, 9.17) is 4.74 Å². The van der Waals surface area contributed by atoms with Crippen LogP contribution in [-0.2, 0) is 6.42 Å². The minimum Gasteiger partial charge on any atom is -0.463 e. The number of carbonyl (C=O) groups excluding carboxylic acids is 1. The molecule has 1 N–H and O–H groups in total. The first kappa shape index (κ1) is 15.0. The van der Waals surface area contributed by atoms with Crippen molar-refractivity contribution < 1.29 is 9.53 Å². The van der Waals surface area contributed by atoms with Gasteiger partial charge in [0.2, 0.25) is 6.23 Å². The second-order valence-electron chi connectivity index (χ2n) is 6.05. The molecule has 2 aromatic carbocycles. The molecule has 0 saturated carbocycles. The minimum atomic E-state index is -0.366. The third-order valence-electron chi connectivity index (χ3n) is 4.71. The number of ether oxygens (including phenoxy) is 1. The van der Waals surface area contributed by atoms with Crippen LogP contribution in [0.5, 0.6) is 5.75 Å². The van der Waals surface area contributed by atoms with Gasteiger partial charge < -0.3 is 9.72 Å². The Kier molecular flexibility index (Phi) is 3.35. The molecule has 0 spiro atoms. The molecule has 2 aliphatic heterocycles. The molecule has 1 atom stereocenters. The Labute approximate surface area is 165 Å². The van der Waals surface area contributed by atoms with Crippen LogP contribution < -0.4 is 4.74 Å². The molecule has 0 radical (unpaired) electrons. The Morgan fingerprint density at radius 3 is 2.92 bits per heavy atom. The van der Waals surface area contributed by atoms with E-state index in [9.17, 15) is 4.79 Å². The molecule has 120 valence electrons.